The summed E-state index contributed by atoms with van der Waals surface area (Å²) >= 11 is 0. The first-order valence-electron chi connectivity index (χ1n) is 5.30. The Morgan fingerprint density at radius 3 is 2.72 bits per heavy atom. The van der Waals surface area contributed by atoms with Gasteiger partial charge in [0.15, 0.2) is 0 Å². The minimum absolute atomic E-state index is 0.203. The van der Waals surface area contributed by atoms with Gasteiger partial charge >= 0.3 is 6.18 Å². The maximum Gasteiger partial charge on any atom is 0.416 e. The molecule has 0 amide bonds. The maximum atomic E-state index is 12.6. The highest BCUT2D eigenvalue weighted by Gasteiger charge is 2.32. The number of nitrogens with zero attached hydrogens (tertiary/aromatic N) is 3. The first-order valence-corrected chi connectivity index (χ1v) is 5.30. The Kier molecular flexibility index (Phi) is 4.80. The Labute approximate surface area is 103 Å². The van der Waals surface area contributed by atoms with Gasteiger partial charge in [0, 0.05) is 11.5 Å². The predicted octanol–water partition coefficient (Wildman–Crippen LogP) is 4.73. The molecule has 0 saturated carbocycles. The van der Waals surface area contributed by atoms with Gasteiger partial charge in [-0.2, -0.15) is 13.2 Å². The highest BCUT2D eigenvalue weighted by molar-refractivity contribution is 5.52. The average molecular weight is 255 g/mol. The second kappa shape index (κ2) is 6.12. The van der Waals surface area contributed by atoms with Gasteiger partial charge in [-0.1, -0.05) is 29.4 Å². The molecule has 96 valence electrons. The third-order valence-electron chi connectivity index (χ3n) is 2.34. The van der Waals surface area contributed by atoms with Crippen molar-refractivity contribution in [2.75, 3.05) is 6.54 Å². The number of aryl methyl sites for hydroxylation is 1. The minimum Gasteiger partial charge on any atom is -0.166 e. The number of benzene rings is 1. The molecule has 0 aromatic heterocycles. The molecule has 1 aromatic carbocycles. The van der Waals surface area contributed by atoms with Crippen LogP contribution in [0.1, 0.15) is 23.1 Å². The SMILES string of the molecule is Cc1ccc(C=CCCN=[N+]=[N-])cc1C(F)(F)F. The van der Waals surface area contributed by atoms with Gasteiger partial charge in [-0.15, -0.1) is 0 Å². The summed E-state index contributed by atoms with van der Waals surface area (Å²) in [5.74, 6) is 0. The molecule has 0 unspecified atom stereocenters. The van der Waals surface area contributed by atoms with E-state index in [9.17, 15) is 13.2 Å². The molecule has 6 heteroatoms. The van der Waals surface area contributed by atoms with Crippen molar-refractivity contribution in [1.82, 2.24) is 0 Å². The summed E-state index contributed by atoms with van der Waals surface area (Å²) in [4.78, 5) is 2.58. The molecule has 0 heterocycles. The molecule has 0 aliphatic carbocycles. The number of alkyl halides is 3. The van der Waals surface area contributed by atoms with Crippen molar-refractivity contribution in [3.8, 4) is 0 Å². The number of halogens is 3. The second-order valence-corrected chi connectivity index (χ2v) is 3.72. The summed E-state index contributed by atoms with van der Waals surface area (Å²) < 4.78 is 37.9. The molecule has 0 spiro atoms. The average Bonchev–Trinajstić information content (AvgIpc) is 2.29. The summed E-state index contributed by atoms with van der Waals surface area (Å²) in [5, 5.41) is 3.32. The molecule has 1 rings (SSSR count). The zero-order valence-corrected chi connectivity index (χ0v) is 9.78. The smallest absolute Gasteiger partial charge is 0.166 e. The van der Waals surface area contributed by atoms with Crippen LogP contribution in [0.15, 0.2) is 29.4 Å². The molecule has 0 bridgehead atoms. The van der Waals surface area contributed by atoms with Crippen LogP contribution in [0.25, 0.3) is 16.5 Å². The first-order chi connectivity index (χ1) is 8.45. The van der Waals surface area contributed by atoms with Crippen LogP contribution in [0.2, 0.25) is 0 Å². The highest BCUT2D eigenvalue weighted by atomic mass is 19.4. The number of azide groups is 1. The van der Waals surface area contributed by atoms with Gasteiger partial charge in [0.1, 0.15) is 0 Å². The van der Waals surface area contributed by atoms with Crippen molar-refractivity contribution in [2.45, 2.75) is 19.5 Å². The van der Waals surface area contributed by atoms with E-state index >= 15 is 0 Å². The summed E-state index contributed by atoms with van der Waals surface area (Å²) in [6, 6.07) is 4.17. The van der Waals surface area contributed by atoms with Crippen molar-refractivity contribution in [1.29, 1.82) is 0 Å². The fourth-order valence-corrected chi connectivity index (χ4v) is 1.45. The van der Waals surface area contributed by atoms with Gasteiger partial charge in [0.25, 0.3) is 0 Å². The van der Waals surface area contributed by atoms with E-state index in [0.29, 0.717) is 18.5 Å². The Hall–Kier alpha value is -1.94. The van der Waals surface area contributed by atoms with E-state index in [0.717, 1.165) is 6.07 Å². The Balaban J connectivity index is 2.82. The van der Waals surface area contributed by atoms with Crippen LogP contribution in [0, 0.1) is 6.92 Å². The monoisotopic (exact) mass is 255 g/mol. The van der Waals surface area contributed by atoms with Gasteiger partial charge in [-0.3, -0.25) is 0 Å². The van der Waals surface area contributed by atoms with Crippen LogP contribution in [0.4, 0.5) is 13.2 Å². The normalized spacial score (nSPS) is 11.6. The fourth-order valence-electron chi connectivity index (χ4n) is 1.45. The van der Waals surface area contributed by atoms with Crippen molar-refractivity contribution >= 4 is 6.08 Å². The zero-order valence-electron chi connectivity index (χ0n) is 9.78. The van der Waals surface area contributed by atoms with Crippen LogP contribution >= 0.6 is 0 Å². The van der Waals surface area contributed by atoms with Crippen molar-refractivity contribution in [3.63, 3.8) is 0 Å². The lowest BCUT2D eigenvalue weighted by Gasteiger charge is -2.10. The van der Waals surface area contributed by atoms with Gasteiger partial charge < -0.3 is 0 Å². The highest BCUT2D eigenvalue weighted by Crippen LogP contribution is 2.32. The van der Waals surface area contributed by atoms with E-state index in [2.05, 4.69) is 10.0 Å². The predicted molar refractivity (Wildman–Crippen MR) is 63.8 cm³/mol. The van der Waals surface area contributed by atoms with E-state index in [1.807, 2.05) is 0 Å². The number of hydrogen-bond acceptors (Lipinski definition) is 1. The number of rotatable bonds is 4. The van der Waals surface area contributed by atoms with Crippen LogP contribution < -0.4 is 0 Å². The standard InChI is InChI=1S/C12H12F3N3/c1-9-5-6-10(4-2-3-7-17-18-16)8-11(9)12(13,14)15/h2,4-6,8H,3,7H2,1H3. The maximum absolute atomic E-state index is 12.6. The Morgan fingerprint density at radius 1 is 1.39 bits per heavy atom. The third-order valence-corrected chi connectivity index (χ3v) is 2.34. The lowest BCUT2D eigenvalue weighted by atomic mass is 10.0. The van der Waals surface area contributed by atoms with Gasteiger partial charge in [-0.25, -0.2) is 0 Å². The van der Waals surface area contributed by atoms with E-state index < -0.39 is 11.7 Å². The fraction of sp³-hybridized carbons (Fsp3) is 0.333. The van der Waals surface area contributed by atoms with Gasteiger partial charge in [-0.05, 0) is 36.1 Å². The van der Waals surface area contributed by atoms with Crippen LogP contribution in [-0.4, -0.2) is 6.54 Å². The largest absolute Gasteiger partial charge is 0.416 e. The van der Waals surface area contributed by atoms with Crippen molar-refractivity contribution < 1.29 is 13.2 Å². The first kappa shape index (κ1) is 14.1. The van der Waals surface area contributed by atoms with E-state index in [4.69, 9.17) is 5.53 Å². The lowest BCUT2D eigenvalue weighted by Crippen LogP contribution is -2.07. The quantitative estimate of drug-likeness (QED) is 0.323. The summed E-state index contributed by atoms with van der Waals surface area (Å²) in [6.45, 7) is 1.73. The topological polar surface area (TPSA) is 48.8 Å². The molecular weight excluding hydrogens is 243 g/mol. The minimum atomic E-state index is -4.33. The molecule has 0 aliphatic heterocycles. The summed E-state index contributed by atoms with van der Waals surface area (Å²) in [5.41, 5.74) is 8.11. The molecule has 0 atom stereocenters. The molecule has 0 saturated heterocycles. The van der Waals surface area contributed by atoms with Crippen LogP contribution in [0.3, 0.4) is 0 Å². The molecule has 0 aliphatic rings. The zero-order chi connectivity index (χ0) is 13.6. The van der Waals surface area contributed by atoms with Crippen molar-refractivity contribution in [2.24, 2.45) is 5.11 Å². The molecule has 0 fully saturated rings. The number of hydrogen-bond donors (Lipinski definition) is 0. The molecule has 1 aromatic rings. The third kappa shape index (κ3) is 4.14. The van der Waals surface area contributed by atoms with Gasteiger partial charge in [0.2, 0.25) is 0 Å². The van der Waals surface area contributed by atoms with E-state index in [1.165, 1.54) is 13.0 Å². The van der Waals surface area contributed by atoms with Crippen LogP contribution in [-0.2, 0) is 6.18 Å². The summed E-state index contributed by atoms with van der Waals surface area (Å²) in [7, 11) is 0. The molecule has 0 N–H and O–H groups in total. The van der Waals surface area contributed by atoms with E-state index in [-0.39, 0.29) is 5.56 Å². The van der Waals surface area contributed by atoms with Crippen LogP contribution in [0.5, 0.6) is 0 Å². The molecular formula is C12H12F3N3. The van der Waals surface area contributed by atoms with Gasteiger partial charge in [0.05, 0.1) is 5.56 Å². The molecule has 3 nitrogen and oxygen atoms in total. The Bertz CT molecular complexity index is 486. The second-order valence-electron chi connectivity index (χ2n) is 3.72. The Morgan fingerprint density at radius 2 is 2.11 bits per heavy atom. The van der Waals surface area contributed by atoms with Crippen molar-refractivity contribution in [3.05, 3.63) is 51.4 Å². The molecule has 0 radical (unpaired) electrons. The summed E-state index contributed by atoms with van der Waals surface area (Å²) in [6.07, 6.45) is -0.570. The van der Waals surface area contributed by atoms with E-state index in [1.54, 1.807) is 18.2 Å². The lowest BCUT2D eigenvalue weighted by molar-refractivity contribution is -0.138. The molecule has 18 heavy (non-hydrogen) atoms.